The summed E-state index contributed by atoms with van der Waals surface area (Å²) in [6.45, 7) is -0.0110. The van der Waals surface area contributed by atoms with Crippen LogP contribution in [-0.2, 0) is 22.6 Å². The number of ether oxygens (including phenoxy) is 1. The van der Waals surface area contributed by atoms with Gasteiger partial charge < -0.3 is 15.0 Å². The molecule has 38 heavy (non-hydrogen) atoms. The fourth-order valence-electron chi connectivity index (χ4n) is 4.74. The molecule has 1 N–H and O–H groups in total. The molecule has 0 unspecified atom stereocenters. The number of carbonyl (C=O) groups excluding carboxylic acids is 2. The van der Waals surface area contributed by atoms with Gasteiger partial charge in [-0.25, -0.2) is 0 Å². The average molecular weight is 618 g/mol. The van der Waals surface area contributed by atoms with Gasteiger partial charge in [0.25, 0.3) is 5.91 Å². The van der Waals surface area contributed by atoms with Crippen LogP contribution in [0.25, 0.3) is 0 Å². The van der Waals surface area contributed by atoms with Crippen LogP contribution < -0.4 is 10.1 Å². The third kappa shape index (κ3) is 8.23. The lowest BCUT2D eigenvalue weighted by Crippen LogP contribution is -2.53. The monoisotopic (exact) mass is 616 g/mol. The number of nitrogens with zero attached hydrogens (tertiary/aromatic N) is 1. The second-order valence-electron chi connectivity index (χ2n) is 9.56. The number of nitrogens with one attached hydrogen (secondary N) is 1. The van der Waals surface area contributed by atoms with Gasteiger partial charge in [-0.05, 0) is 54.3 Å². The first kappa shape index (κ1) is 28.5. The lowest BCUT2D eigenvalue weighted by Gasteiger charge is -2.33. The first-order chi connectivity index (χ1) is 18.4. The van der Waals surface area contributed by atoms with Crippen molar-refractivity contribution in [2.24, 2.45) is 0 Å². The van der Waals surface area contributed by atoms with Crippen LogP contribution in [0.5, 0.6) is 5.75 Å². The van der Waals surface area contributed by atoms with Gasteiger partial charge in [-0.2, -0.15) is 0 Å². The number of hydrogen-bond donors (Lipinski definition) is 1. The van der Waals surface area contributed by atoms with Crippen LogP contribution in [0, 0.1) is 0 Å². The fraction of sp³-hybridized carbons (Fsp3) is 0.333. The molecular formula is C30H31BrCl2N2O3. The molecule has 4 rings (SSSR count). The average Bonchev–Trinajstić information content (AvgIpc) is 2.91. The van der Waals surface area contributed by atoms with Crippen LogP contribution in [0.3, 0.4) is 0 Å². The standard InChI is InChI=1S/C30H31BrCl2N2O3/c31-23-11-7-10-22(16-23)19-35(29(36)20-38-28-15-14-24(32)18-26(28)33)27(17-21-8-3-1-4-9-21)30(37)34-25-12-5-2-6-13-25/h1,3-4,7-11,14-16,18,25,27H,2,5-6,12-13,17,19-20H2,(H,34,37)/t27-/m0/s1. The van der Waals surface area contributed by atoms with Crippen LogP contribution in [-0.4, -0.2) is 35.4 Å². The van der Waals surface area contributed by atoms with Gasteiger partial charge in [0.05, 0.1) is 5.02 Å². The molecule has 0 aromatic heterocycles. The summed E-state index contributed by atoms with van der Waals surface area (Å²) in [7, 11) is 0. The Bertz CT molecular complexity index is 1240. The molecule has 1 fully saturated rings. The van der Waals surface area contributed by atoms with E-state index in [2.05, 4.69) is 21.2 Å². The van der Waals surface area contributed by atoms with Crippen LogP contribution in [0.1, 0.15) is 43.2 Å². The van der Waals surface area contributed by atoms with Crippen LogP contribution in [0.15, 0.2) is 77.3 Å². The van der Waals surface area contributed by atoms with E-state index in [0.717, 1.165) is 41.3 Å². The molecule has 1 saturated carbocycles. The number of amides is 2. The van der Waals surface area contributed by atoms with Gasteiger partial charge in [0.1, 0.15) is 11.8 Å². The smallest absolute Gasteiger partial charge is 0.261 e. The molecule has 0 heterocycles. The molecule has 0 spiro atoms. The van der Waals surface area contributed by atoms with Gasteiger partial charge in [-0.1, -0.05) is 101 Å². The third-order valence-electron chi connectivity index (χ3n) is 6.71. The Hall–Kier alpha value is -2.54. The maximum Gasteiger partial charge on any atom is 0.261 e. The first-order valence-electron chi connectivity index (χ1n) is 12.8. The van der Waals surface area contributed by atoms with E-state index in [0.29, 0.717) is 22.2 Å². The van der Waals surface area contributed by atoms with Crippen molar-refractivity contribution in [1.29, 1.82) is 0 Å². The molecule has 1 atom stereocenters. The Morgan fingerprint density at radius 1 is 0.947 bits per heavy atom. The first-order valence-corrected chi connectivity index (χ1v) is 14.4. The normalized spacial score (nSPS) is 14.5. The van der Waals surface area contributed by atoms with E-state index in [4.69, 9.17) is 27.9 Å². The fourth-order valence-corrected chi connectivity index (χ4v) is 5.65. The lowest BCUT2D eigenvalue weighted by molar-refractivity contribution is -0.143. The predicted octanol–water partition coefficient (Wildman–Crippen LogP) is 7.22. The van der Waals surface area contributed by atoms with Crippen LogP contribution in [0.2, 0.25) is 10.0 Å². The molecule has 1 aliphatic carbocycles. The molecule has 0 radical (unpaired) electrons. The zero-order chi connectivity index (χ0) is 26.9. The highest BCUT2D eigenvalue weighted by molar-refractivity contribution is 9.10. The predicted molar refractivity (Wildman–Crippen MR) is 156 cm³/mol. The molecular weight excluding hydrogens is 587 g/mol. The van der Waals surface area contributed by atoms with E-state index < -0.39 is 6.04 Å². The van der Waals surface area contributed by atoms with Crippen molar-refractivity contribution in [3.8, 4) is 5.75 Å². The summed E-state index contributed by atoms with van der Waals surface area (Å²) in [4.78, 5) is 29.2. The van der Waals surface area contributed by atoms with Crippen molar-refractivity contribution in [3.63, 3.8) is 0 Å². The molecule has 3 aromatic rings. The van der Waals surface area contributed by atoms with Gasteiger partial charge in [-0.15, -0.1) is 0 Å². The zero-order valence-electron chi connectivity index (χ0n) is 21.0. The molecule has 3 aromatic carbocycles. The molecule has 5 nitrogen and oxygen atoms in total. The molecule has 0 bridgehead atoms. The maximum atomic E-state index is 13.8. The third-order valence-corrected chi connectivity index (χ3v) is 7.73. The molecule has 8 heteroatoms. The van der Waals surface area contributed by atoms with E-state index in [1.165, 1.54) is 6.42 Å². The summed E-state index contributed by atoms with van der Waals surface area (Å²) >= 11 is 15.8. The Balaban J connectivity index is 1.62. The number of rotatable bonds is 10. The zero-order valence-corrected chi connectivity index (χ0v) is 24.1. The molecule has 0 saturated heterocycles. The molecule has 1 aliphatic rings. The summed E-state index contributed by atoms with van der Waals surface area (Å²) in [5, 5.41) is 4.04. The minimum absolute atomic E-state index is 0.126. The number of hydrogen-bond acceptors (Lipinski definition) is 3. The van der Waals surface area contributed by atoms with Crippen molar-refractivity contribution in [3.05, 3.63) is 98.4 Å². The van der Waals surface area contributed by atoms with Crippen LogP contribution >= 0.6 is 39.1 Å². The molecule has 2 amide bonds. The summed E-state index contributed by atoms with van der Waals surface area (Å²) in [6, 6.07) is 21.8. The lowest BCUT2D eigenvalue weighted by atomic mass is 9.94. The minimum Gasteiger partial charge on any atom is -0.482 e. The van der Waals surface area contributed by atoms with E-state index >= 15 is 0 Å². The van der Waals surface area contributed by atoms with Crippen molar-refractivity contribution in [2.75, 3.05) is 6.61 Å². The summed E-state index contributed by atoms with van der Waals surface area (Å²) in [5.41, 5.74) is 1.88. The van der Waals surface area contributed by atoms with Gasteiger partial charge in [0, 0.05) is 28.5 Å². The van der Waals surface area contributed by atoms with E-state index in [9.17, 15) is 9.59 Å². The second kappa shape index (κ2) is 14.0. The Kier molecular flexibility index (Phi) is 10.5. The van der Waals surface area contributed by atoms with Gasteiger partial charge >= 0.3 is 0 Å². The second-order valence-corrected chi connectivity index (χ2v) is 11.3. The highest BCUT2D eigenvalue weighted by Crippen LogP contribution is 2.28. The van der Waals surface area contributed by atoms with Crippen LogP contribution in [0.4, 0.5) is 0 Å². The SMILES string of the molecule is O=C(NC1CCCCC1)[C@H](Cc1ccccc1)N(Cc1cccc(Br)c1)C(=O)COc1ccc(Cl)cc1Cl. The van der Waals surface area contributed by atoms with Crippen molar-refractivity contribution in [1.82, 2.24) is 10.2 Å². The molecule has 0 aliphatic heterocycles. The summed E-state index contributed by atoms with van der Waals surface area (Å²) in [5.74, 6) is -0.0950. The number of halogens is 3. The quantitative estimate of drug-likeness (QED) is 0.261. The van der Waals surface area contributed by atoms with Crippen molar-refractivity contribution >= 4 is 50.9 Å². The summed E-state index contributed by atoms with van der Waals surface area (Å²) in [6.07, 6.45) is 5.71. The summed E-state index contributed by atoms with van der Waals surface area (Å²) < 4.78 is 6.70. The van der Waals surface area contributed by atoms with E-state index in [1.54, 1.807) is 23.1 Å². The van der Waals surface area contributed by atoms with Gasteiger partial charge in [0.15, 0.2) is 6.61 Å². The number of benzene rings is 3. The molecule has 200 valence electrons. The minimum atomic E-state index is -0.713. The Labute approximate surface area is 242 Å². The Morgan fingerprint density at radius 3 is 2.39 bits per heavy atom. The van der Waals surface area contributed by atoms with Crippen molar-refractivity contribution < 1.29 is 14.3 Å². The van der Waals surface area contributed by atoms with E-state index in [1.807, 2.05) is 54.6 Å². The Morgan fingerprint density at radius 2 is 1.68 bits per heavy atom. The number of carbonyl (C=O) groups is 2. The van der Waals surface area contributed by atoms with Gasteiger partial charge in [0.2, 0.25) is 5.91 Å². The largest absolute Gasteiger partial charge is 0.482 e. The van der Waals surface area contributed by atoms with Crippen molar-refractivity contribution in [2.45, 2.75) is 57.2 Å². The maximum absolute atomic E-state index is 13.8. The highest BCUT2D eigenvalue weighted by atomic mass is 79.9. The topological polar surface area (TPSA) is 58.6 Å². The van der Waals surface area contributed by atoms with E-state index in [-0.39, 0.29) is 31.0 Å². The highest BCUT2D eigenvalue weighted by Gasteiger charge is 2.32. The van der Waals surface area contributed by atoms with Gasteiger partial charge in [-0.3, -0.25) is 9.59 Å².